The minimum Gasteiger partial charge on any atom is -0.497 e. The number of carbonyl (C=O) groups excluding carboxylic acids is 3. The second-order valence-electron chi connectivity index (χ2n) is 19.5. The number of fused-ring (bicyclic) bond motifs is 1. The molecule has 0 saturated carbocycles. The van der Waals surface area contributed by atoms with Gasteiger partial charge in [-0.3, -0.25) is 19.3 Å². The number of unbranched alkanes of at least 4 members (excludes halogenated alkanes) is 2. The summed E-state index contributed by atoms with van der Waals surface area (Å²) in [7, 11) is 2.97. The van der Waals surface area contributed by atoms with Crippen LogP contribution >= 0.6 is 0 Å². The predicted octanol–water partition coefficient (Wildman–Crippen LogP) is 9.82. The molecule has 3 aliphatic rings. The van der Waals surface area contributed by atoms with Gasteiger partial charge in [0.05, 0.1) is 71.1 Å². The SMILES string of the molecule is COC(=O)CCCCCO[C@@H]1O[C@H](CO[C@@H]2O[C@@H](C)[C@@H](OCc3ccccc3)[C@@H](OCc3ccccc3)[C@@H]2OCc2ccccc2)[C@@H](OCc2ccc(OC)cc2)[C@H](OCc2ccccc2)[C@H]1N1C(=O)c2ccccc2C1=O. The molecule has 0 aliphatic carbocycles. The number of benzene rings is 6. The van der Waals surface area contributed by atoms with Crippen LogP contribution in [0.3, 0.4) is 0 Å². The van der Waals surface area contributed by atoms with Crippen molar-refractivity contribution >= 4 is 17.8 Å². The molecular weight excluding hydrogens is 995 g/mol. The lowest BCUT2D eigenvalue weighted by Gasteiger charge is -2.49. The molecule has 0 N–H and O–H groups in total. The highest BCUT2D eigenvalue weighted by atomic mass is 16.7. The number of hydrogen-bond donors (Lipinski definition) is 0. The molecule has 2 amide bonds. The maximum Gasteiger partial charge on any atom is 0.305 e. The standard InChI is InChI=1S/C63H69NO14/c1-43-55(71-37-44-21-9-4-10-22-44)58(74-39-46-25-13-6-14-26-46)59(75-40-47-27-15-7-16-28-47)63(77-43)76-42-52-56(72-41-48-32-34-49(68-2)35-33-48)57(73-38-45-23-11-5-12-24-45)54(62(78-52)70-36-20-8-17-31-53(65)69-3)64-60(66)50-29-18-19-30-51(50)61(64)67/h4-7,9-16,18-19,21-30,32-35,43,52,54-59,62-63H,8,17,20,31,36-42H2,1-3H3/t43-,52+,54+,55+,56+,57+,58+,59-,62+,63+/m0/s1. The Morgan fingerprint density at radius 2 is 0.923 bits per heavy atom. The molecule has 15 nitrogen and oxygen atoms in total. The maximum absolute atomic E-state index is 14.7. The number of carbonyl (C=O) groups is 3. The zero-order valence-corrected chi connectivity index (χ0v) is 44.4. The van der Waals surface area contributed by atoms with Crippen molar-refractivity contribution in [2.45, 2.75) is 127 Å². The van der Waals surface area contributed by atoms with Crippen molar-refractivity contribution in [3.8, 4) is 5.75 Å². The first-order valence-corrected chi connectivity index (χ1v) is 26.7. The number of imide groups is 1. The highest BCUT2D eigenvalue weighted by Gasteiger charge is 2.56. The number of nitrogens with zero attached hydrogens (tertiary/aromatic N) is 1. The van der Waals surface area contributed by atoms with Crippen LogP contribution in [0.4, 0.5) is 0 Å². The second-order valence-corrected chi connectivity index (χ2v) is 19.5. The van der Waals surface area contributed by atoms with E-state index in [4.69, 9.17) is 52.1 Å². The zero-order valence-electron chi connectivity index (χ0n) is 44.4. The van der Waals surface area contributed by atoms with Crippen LogP contribution in [-0.4, -0.2) is 111 Å². The molecule has 3 heterocycles. The number of esters is 1. The van der Waals surface area contributed by atoms with E-state index in [-0.39, 0.29) is 63.2 Å². The zero-order chi connectivity index (χ0) is 54.1. The molecule has 2 saturated heterocycles. The van der Waals surface area contributed by atoms with Crippen LogP contribution in [0, 0.1) is 0 Å². The van der Waals surface area contributed by atoms with Gasteiger partial charge in [0.2, 0.25) is 0 Å². The van der Waals surface area contributed by atoms with E-state index in [2.05, 4.69) is 0 Å². The monoisotopic (exact) mass is 1060 g/mol. The molecule has 0 radical (unpaired) electrons. The largest absolute Gasteiger partial charge is 0.497 e. The fraction of sp³-hybridized carbons (Fsp3) is 0.381. The fourth-order valence-electron chi connectivity index (χ4n) is 10.0. The first-order chi connectivity index (χ1) is 38.3. The first kappa shape index (κ1) is 56.1. The van der Waals surface area contributed by atoms with E-state index < -0.39 is 73.2 Å². The van der Waals surface area contributed by atoms with E-state index in [1.807, 2.05) is 153 Å². The van der Waals surface area contributed by atoms with E-state index in [0.29, 0.717) is 31.6 Å². The summed E-state index contributed by atoms with van der Waals surface area (Å²) in [5, 5.41) is 0. The minimum atomic E-state index is -1.24. The van der Waals surface area contributed by atoms with Crippen molar-refractivity contribution in [3.05, 3.63) is 209 Å². The summed E-state index contributed by atoms with van der Waals surface area (Å²) in [6.45, 7) is 2.87. The third kappa shape index (κ3) is 14.5. The van der Waals surface area contributed by atoms with Crippen molar-refractivity contribution < 1.29 is 66.5 Å². The molecule has 9 rings (SSSR count). The Balaban J connectivity index is 1.07. The Morgan fingerprint density at radius 3 is 1.44 bits per heavy atom. The van der Waals surface area contributed by atoms with Gasteiger partial charge in [-0.05, 0) is 71.8 Å². The van der Waals surface area contributed by atoms with Gasteiger partial charge >= 0.3 is 5.97 Å². The van der Waals surface area contributed by atoms with Gasteiger partial charge in [-0.2, -0.15) is 0 Å². The predicted molar refractivity (Wildman–Crippen MR) is 288 cm³/mol. The maximum atomic E-state index is 14.7. The van der Waals surface area contributed by atoms with Crippen molar-refractivity contribution in [3.63, 3.8) is 0 Å². The van der Waals surface area contributed by atoms with Crippen LogP contribution in [0.2, 0.25) is 0 Å². The Hall–Kier alpha value is -6.63. The smallest absolute Gasteiger partial charge is 0.305 e. The summed E-state index contributed by atoms with van der Waals surface area (Å²) in [4.78, 5) is 42.5. The molecule has 3 aliphatic heterocycles. The fourth-order valence-corrected chi connectivity index (χ4v) is 10.0. The first-order valence-electron chi connectivity index (χ1n) is 26.7. The lowest BCUT2D eigenvalue weighted by molar-refractivity contribution is -0.339. The average Bonchev–Trinajstić information content (AvgIpc) is 3.87. The van der Waals surface area contributed by atoms with Crippen LogP contribution in [0.25, 0.3) is 0 Å². The summed E-state index contributed by atoms with van der Waals surface area (Å²) in [6.07, 6.45) is -5.99. The molecule has 78 heavy (non-hydrogen) atoms. The Kier molecular flexibility index (Phi) is 20.4. The van der Waals surface area contributed by atoms with E-state index >= 15 is 0 Å². The van der Waals surface area contributed by atoms with Gasteiger partial charge < -0.3 is 52.1 Å². The molecule has 6 aromatic rings. The molecule has 0 aromatic heterocycles. The van der Waals surface area contributed by atoms with E-state index in [0.717, 1.165) is 27.8 Å². The molecule has 0 spiro atoms. The number of amides is 2. The van der Waals surface area contributed by atoms with Gasteiger partial charge in [0, 0.05) is 13.0 Å². The highest BCUT2D eigenvalue weighted by Crippen LogP contribution is 2.38. The number of ether oxygens (including phenoxy) is 11. The van der Waals surface area contributed by atoms with Gasteiger partial charge in [0.15, 0.2) is 12.6 Å². The molecular formula is C63H69NO14. The van der Waals surface area contributed by atoms with Gasteiger partial charge in [-0.1, -0.05) is 152 Å². The Bertz CT molecular complexity index is 2750. The van der Waals surface area contributed by atoms with Crippen molar-refractivity contribution in [2.75, 3.05) is 27.4 Å². The minimum absolute atomic E-state index is 0.0792. The molecule has 10 atom stereocenters. The van der Waals surface area contributed by atoms with Gasteiger partial charge in [0.1, 0.15) is 48.4 Å². The number of methoxy groups -OCH3 is 2. The lowest BCUT2D eigenvalue weighted by Crippen LogP contribution is -2.67. The van der Waals surface area contributed by atoms with Crippen LogP contribution in [0.15, 0.2) is 170 Å². The molecule has 0 unspecified atom stereocenters. The summed E-state index contributed by atoms with van der Waals surface area (Å²) in [6, 6.07) is 52.4. The second kappa shape index (κ2) is 28.3. The van der Waals surface area contributed by atoms with E-state index in [9.17, 15) is 14.4 Å². The molecule has 2 fully saturated rings. The molecule has 0 bridgehead atoms. The quantitative estimate of drug-likeness (QED) is 0.0273. The molecule has 15 heteroatoms. The third-order valence-corrected chi connectivity index (χ3v) is 14.2. The topological polar surface area (TPSA) is 156 Å². The number of rotatable bonds is 27. The van der Waals surface area contributed by atoms with E-state index in [1.165, 1.54) is 12.0 Å². The number of hydrogen-bond acceptors (Lipinski definition) is 14. The summed E-state index contributed by atoms with van der Waals surface area (Å²) in [5.41, 5.74) is 5.07. The van der Waals surface area contributed by atoms with Gasteiger partial charge in [-0.15, -0.1) is 0 Å². The summed E-state index contributed by atoms with van der Waals surface area (Å²) in [5.74, 6) is -0.647. The van der Waals surface area contributed by atoms with Crippen LogP contribution < -0.4 is 4.74 Å². The summed E-state index contributed by atoms with van der Waals surface area (Å²) >= 11 is 0. The van der Waals surface area contributed by atoms with Crippen LogP contribution in [-0.2, 0) is 85.2 Å². The Morgan fingerprint density at radius 1 is 0.462 bits per heavy atom. The van der Waals surface area contributed by atoms with Crippen molar-refractivity contribution in [1.82, 2.24) is 4.90 Å². The third-order valence-electron chi connectivity index (χ3n) is 14.2. The summed E-state index contributed by atoms with van der Waals surface area (Å²) < 4.78 is 72.4. The van der Waals surface area contributed by atoms with E-state index in [1.54, 1.807) is 31.4 Å². The normalized spacial score (nSPS) is 24.0. The van der Waals surface area contributed by atoms with Gasteiger partial charge in [-0.25, -0.2) is 0 Å². The lowest BCUT2D eigenvalue weighted by atomic mass is 9.94. The molecule has 6 aromatic carbocycles. The average molecular weight is 1060 g/mol. The van der Waals surface area contributed by atoms with Crippen molar-refractivity contribution in [2.24, 2.45) is 0 Å². The highest BCUT2D eigenvalue weighted by molar-refractivity contribution is 6.21. The Labute approximate surface area is 456 Å². The van der Waals surface area contributed by atoms with Gasteiger partial charge in [0.25, 0.3) is 11.8 Å². The van der Waals surface area contributed by atoms with Crippen molar-refractivity contribution in [1.29, 1.82) is 0 Å². The van der Waals surface area contributed by atoms with Crippen LogP contribution in [0.5, 0.6) is 5.75 Å². The van der Waals surface area contributed by atoms with Crippen LogP contribution in [0.1, 0.15) is 81.1 Å². The molecule has 410 valence electrons.